The maximum Gasteiger partial charge on any atom is 0.227 e. The Morgan fingerprint density at radius 1 is 1.11 bits per heavy atom. The number of para-hydroxylation sites is 1. The van der Waals surface area contributed by atoms with E-state index in [0.29, 0.717) is 18.0 Å². The second-order valence-electron chi connectivity index (χ2n) is 7.25. The van der Waals surface area contributed by atoms with Crippen LogP contribution in [0.15, 0.2) is 42.5 Å². The summed E-state index contributed by atoms with van der Waals surface area (Å²) in [5, 5.41) is 3.14. The first-order valence-corrected chi connectivity index (χ1v) is 9.51. The minimum absolute atomic E-state index is 0.00965. The molecule has 0 spiro atoms. The monoisotopic (exact) mass is 380 g/mol. The summed E-state index contributed by atoms with van der Waals surface area (Å²) >= 11 is 0. The van der Waals surface area contributed by atoms with Crippen LogP contribution in [0.5, 0.6) is 11.5 Å². The molecule has 1 fully saturated rings. The van der Waals surface area contributed by atoms with Crippen LogP contribution < -0.4 is 19.7 Å². The Balaban J connectivity index is 1.47. The SMILES string of the molecule is COc1cc2c(cc1OC)[C@H](NC(=O)[C@@H]1CC(=O)N(c3ccccc3)C1)CC2. The number of hydrogen-bond acceptors (Lipinski definition) is 4. The molecule has 2 aromatic rings. The van der Waals surface area contributed by atoms with Gasteiger partial charge in [-0.2, -0.15) is 0 Å². The summed E-state index contributed by atoms with van der Waals surface area (Å²) in [5.41, 5.74) is 3.07. The van der Waals surface area contributed by atoms with Crippen molar-refractivity contribution in [2.45, 2.75) is 25.3 Å². The summed E-state index contributed by atoms with van der Waals surface area (Å²) in [6, 6.07) is 13.4. The summed E-state index contributed by atoms with van der Waals surface area (Å²) < 4.78 is 10.8. The zero-order valence-electron chi connectivity index (χ0n) is 16.1. The lowest BCUT2D eigenvalue weighted by molar-refractivity contribution is -0.127. The van der Waals surface area contributed by atoms with Crippen molar-refractivity contribution in [1.29, 1.82) is 0 Å². The lowest BCUT2D eigenvalue weighted by Gasteiger charge is -2.19. The Kier molecular flexibility index (Phi) is 4.94. The van der Waals surface area contributed by atoms with Crippen LogP contribution in [-0.4, -0.2) is 32.6 Å². The first-order valence-electron chi connectivity index (χ1n) is 9.51. The van der Waals surface area contributed by atoms with Crippen molar-refractivity contribution in [3.8, 4) is 11.5 Å². The average molecular weight is 380 g/mol. The molecule has 0 saturated carbocycles. The number of rotatable bonds is 5. The number of anilines is 1. The molecule has 146 valence electrons. The van der Waals surface area contributed by atoms with Crippen molar-refractivity contribution >= 4 is 17.5 Å². The fourth-order valence-corrected chi connectivity index (χ4v) is 4.11. The van der Waals surface area contributed by atoms with Gasteiger partial charge in [0.05, 0.1) is 26.2 Å². The second kappa shape index (κ2) is 7.54. The van der Waals surface area contributed by atoms with E-state index < -0.39 is 0 Å². The van der Waals surface area contributed by atoms with E-state index in [1.165, 1.54) is 0 Å². The topological polar surface area (TPSA) is 67.9 Å². The molecule has 6 heteroatoms. The van der Waals surface area contributed by atoms with Gasteiger partial charge in [0, 0.05) is 18.7 Å². The Morgan fingerprint density at radius 3 is 2.54 bits per heavy atom. The zero-order valence-corrected chi connectivity index (χ0v) is 16.1. The van der Waals surface area contributed by atoms with Crippen LogP contribution in [0.2, 0.25) is 0 Å². The third-order valence-corrected chi connectivity index (χ3v) is 5.60. The Labute approximate surface area is 164 Å². The third kappa shape index (κ3) is 3.30. The van der Waals surface area contributed by atoms with Crippen molar-refractivity contribution in [1.82, 2.24) is 5.32 Å². The summed E-state index contributed by atoms with van der Waals surface area (Å²) in [6.07, 6.45) is 1.95. The van der Waals surface area contributed by atoms with Crippen molar-refractivity contribution in [2.24, 2.45) is 5.92 Å². The van der Waals surface area contributed by atoms with E-state index >= 15 is 0 Å². The van der Waals surface area contributed by atoms with E-state index in [1.807, 2.05) is 42.5 Å². The van der Waals surface area contributed by atoms with E-state index in [0.717, 1.165) is 29.7 Å². The quantitative estimate of drug-likeness (QED) is 0.866. The van der Waals surface area contributed by atoms with E-state index in [9.17, 15) is 9.59 Å². The number of nitrogens with zero attached hydrogens (tertiary/aromatic N) is 1. The Hall–Kier alpha value is -3.02. The predicted octanol–water partition coefficient (Wildman–Crippen LogP) is 2.86. The van der Waals surface area contributed by atoms with Gasteiger partial charge < -0.3 is 19.7 Å². The summed E-state index contributed by atoms with van der Waals surface area (Å²) in [7, 11) is 3.23. The maximum atomic E-state index is 12.9. The van der Waals surface area contributed by atoms with E-state index in [1.54, 1.807) is 19.1 Å². The number of carbonyl (C=O) groups is 2. The molecule has 2 aromatic carbocycles. The molecule has 1 N–H and O–H groups in total. The molecular weight excluding hydrogens is 356 g/mol. The van der Waals surface area contributed by atoms with Crippen LogP contribution in [0.25, 0.3) is 0 Å². The molecule has 0 unspecified atom stereocenters. The fraction of sp³-hybridized carbons (Fsp3) is 0.364. The first-order chi connectivity index (χ1) is 13.6. The predicted molar refractivity (Wildman–Crippen MR) is 106 cm³/mol. The highest BCUT2D eigenvalue weighted by Gasteiger charge is 2.36. The first kappa shape index (κ1) is 18.3. The highest BCUT2D eigenvalue weighted by molar-refractivity contribution is 6.00. The molecule has 1 heterocycles. The summed E-state index contributed by atoms with van der Waals surface area (Å²) in [5.74, 6) is 0.947. The van der Waals surface area contributed by atoms with Gasteiger partial charge in [-0.3, -0.25) is 9.59 Å². The molecule has 0 aromatic heterocycles. The normalized spacial score (nSPS) is 20.8. The molecule has 4 rings (SSSR count). The van der Waals surface area contributed by atoms with Gasteiger partial charge in [0.1, 0.15) is 0 Å². The zero-order chi connectivity index (χ0) is 19.7. The van der Waals surface area contributed by atoms with Gasteiger partial charge in [-0.15, -0.1) is 0 Å². The van der Waals surface area contributed by atoms with Gasteiger partial charge in [0.25, 0.3) is 0 Å². The minimum atomic E-state index is -0.336. The number of fused-ring (bicyclic) bond motifs is 1. The second-order valence-corrected chi connectivity index (χ2v) is 7.25. The highest BCUT2D eigenvalue weighted by atomic mass is 16.5. The van der Waals surface area contributed by atoms with Gasteiger partial charge in [0.2, 0.25) is 11.8 Å². The van der Waals surface area contributed by atoms with Gasteiger partial charge in [-0.1, -0.05) is 18.2 Å². The smallest absolute Gasteiger partial charge is 0.227 e. The minimum Gasteiger partial charge on any atom is -0.493 e. The van der Waals surface area contributed by atoms with Crippen molar-refractivity contribution in [3.05, 3.63) is 53.6 Å². The van der Waals surface area contributed by atoms with Gasteiger partial charge in [0.15, 0.2) is 11.5 Å². The molecular formula is C22H24N2O4. The van der Waals surface area contributed by atoms with E-state index in [2.05, 4.69) is 5.32 Å². The van der Waals surface area contributed by atoms with Gasteiger partial charge in [-0.25, -0.2) is 0 Å². The molecule has 1 aliphatic carbocycles. The fourth-order valence-electron chi connectivity index (χ4n) is 4.11. The largest absolute Gasteiger partial charge is 0.493 e. The molecule has 1 aliphatic heterocycles. The average Bonchev–Trinajstić information content (AvgIpc) is 3.30. The number of ether oxygens (including phenoxy) is 2. The van der Waals surface area contributed by atoms with Crippen molar-refractivity contribution in [2.75, 3.05) is 25.7 Å². The molecule has 0 bridgehead atoms. The highest BCUT2D eigenvalue weighted by Crippen LogP contribution is 2.39. The van der Waals surface area contributed by atoms with Crippen molar-refractivity contribution in [3.63, 3.8) is 0 Å². The molecule has 6 nitrogen and oxygen atoms in total. The lowest BCUT2D eigenvalue weighted by Crippen LogP contribution is -2.34. The number of nitrogens with one attached hydrogen (secondary N) is 1. The summed E-state index contributed by atoms with van der Waals surface area (Å²) in [6.45, 7) is 0.417. The number of methoxy groups -OCH3 is 2. The Bertz CT molecular complexity index is 897. The van der Waals surface area contributed by atoms with Gasteiger partial charge in [-0.05, 0) is 48.2 Å². The number of benzene rings is 2. The van der Waals surface area contributed by atoms with Crippen LogP contribution >= 0.6 is 0 Å². The van der Waals surface area contributed by atoms with Crippen LogP contribution in [-0.2, 0) is 16.0 Å². The summed E-state index contributed by atoms with van der Waals surface area (Å²) in [4.78, 5) is 27.0. The molecule has 0 radical (unpaired) electrons. The van der Waals surface area contributed by atoms with Crippen molar-refractivity contribution < 1.29 is 19.1 Å². The number of carbonyl (C=O) groups excluding carboxylic acids is 2. The van der Waals surface area contributed by atoms with Crippen LogP contribution in [0.3, 0.4) is 0 Å². The molecule has 2 amide bonds. The van der Waals surface area contributed by atoms with E-state index in [4.69, 9.17) is 9.47 Å². The third-order valence-electron chi connectivity index (χ3n) is 5.60. The van der Waals surface area contributed by atoms with Crippen LogP contribution in [0.1, 0.15) is 30.0 Å². The number of hydrogen-bond donors (Lipinski definition) is 1. The standard InChI is InChI=1S/C22H24N2O4/c1-27-19-10-14-8-9-18(17(14)12-20(19)28-2)23-22(26)15-11-21(25)24(13-15)16-6-4-3-5-7-16/h3-7,10,12,15,18H,8-9,11,13H2,1-2H3,(H,23,26)/t15-,18-/m1/s1. The van der Waals surface area contributed by atoms with Crippen LogP contribution in [0.4, 0.5) is 5.69 Å². The number of amides is 2. The molecule has 2 atom stereocenters. The maximum absolute atomic E-state index is 12.9. The number of aryl methyl sites for hydroxylation is 1. The van der Waals surface area contributed by atoms with Gasteiger partial charge >= 0.3 is 0 Å². The van der Waals surface area contributed by atoms with E-state index in [-0.39, 0.29) is 30.2 Å². The molecule has 1 saturated heterocycles. The Morgan fingerprint density at radius 2 is 1.82 bits per heavy atom. The van der Waals surface area contributed by atoms with Crippen LogP contribution in [0, 0.1) is 5.92 Å². The molecule has 28 heavy (non-hydrogen) atoms. The lowest BCUT2D eigenvalue weighted by atomic mass is 10.0. The molecule has 2 aliphatic rings.